The van der Waals surface area contributed by atoms with Gasteiger partial charge in [0.05, 0.1) is 0 Å². The molecule has 1 aliphatic carbocycles. The molecule has 0 unspecified atom stereocenters. The van der Waals surface area contributed by atoms with Crippen LogP contribution < -0.4 is 5.32 Å². The molecule has 0 saturated heterocycles. The minimum Gasteiger partial charge on any atom is -0.330 e. The highest BCUT2D eigenvalue weighted by Crippen LogP contribution is 2.17. The molecule has 0 spiro atoms. The lowest BCUT2D eigenvalue weighted by Gasteiger charge is -2.26. The third kappa shape index (κ3) is 2.90. The Bertz CT molecular complexity index is 85.7. The first-order valence-corrected chi connectivity index (χ1v) is 4.87. The topological polar surface area (TPSA) is 32.3 Å². The maximum Gasteiger partial charge on any atom is 0.0207 e. The molecule has 0 bridgehead atoms. The van der Waals surface area contributed by atoms with E-state index in [4.69, 9.17) is 4.55 Å². The quantitative estimate of drug-likeness (QED) is 0.476. The van der Waals surface area contributed by atoms with Gasteiger partial charge in [0.25, 0.3) is 0 Å². The van der Waals surface area contributed by atoms with Gasteiger partial charge in [0, 0.05) is 11.8 Å². The van der Waals surface area contributed by atoms with Crippen LogP contribution in [0.2, 0.25) is 0 Å². The fourth-order valence-electron chi connectivity index (χ4n) is 1.06. The second kappa shape index (κ2) is 4.99. The molecule has 0 aromatic rings. The Hall–Kier alpha value is 0.270. The van der Waals surface area contributed by atoms with Crippen molar-refractivity contribution in [2.45, 2.75) is 31.7 Å². The van der Waals surface area contributed by atoms with Gasteiger partial charge in [0.2, 0.25) is 0 Å². The minimum atomic E-state index is 0.795. The lowest BCUT2D eigenvalue weighted by Crippen LogP contribution is -2.35. The van der Waals surface area contributed by atoms with E-state index in [9.17, 15) is 0 Å². The first-order chi connectivity index (χ1) is 4.93. The fourth-order valence-corrected chi connectivity index (χ4v) is 1.33. The predicted octanol–water partition coefficient (Wildman–Crippen LogP) is 1.72. The van der Waals surface area contributed by atoms with Gasteiger partial charge < -0.3 is 9.87 Å². The van der Waals surface area contributed by atoms with Crippen LogP contribution in [0, 0.1) is 0 Å². The largest absolute Gasteiger partial charge is 0.330 e. The third-order valence-corrected chi connectivity index (χ3v) is 2.42. The average Bonchev–Trinajstić information content (AvgIpc) is 1.84. The Kier molecular flexibility index (Phi) is 4.18. The number of hydrogen-bond donors (Lipinski definition) is 2. The van der Waals surface area contributed by atoms with Crippen molar-refractivity contribution >= 4 is 12.0 Å². The van der Waals surface area contributed by atoms with E-state index in [1.165, 1.54) is 19.3 Å². The van der Waals surface area contributed by atoms with Gasteiger partial charge in [0.1, 0.15) is 0 Å². The van der Waals surface area contributed by atoms with Gasteiger partial charge >= 0.3 is 0 Å². The molecule has 0 aromatic carbocycles. The van der Waals surface area contributed by atoms with E-state index in [2.05, 4.69) is 5.32 Å². The van der Waals surface area contributed by atoms with Crippen LogP contribution in [0.4, 0.5) is 0 Å². The first-order valence-electron chi connectivity index (χ1n) is 3.93. The van der Waals surface area contributed by atoms with Crippen LogP contribution in [0.25, 0.3) is 0 Å². The van der Waals surface area contributed by atoms with Gasteiger partial charge in [-0.25, -0.2) is 0 Å². The zero-order valence-corrected chi connectivity index (χ0v) is 6.99. The Morgan fingerprint density at radius 3 is 2.80 bits per heavy atom. The molecule has 1 aliphatic rings. The molecule has 0 heterocycles. The highest BCUT2D eigenvalue weighted by molar-refractivity contribution is 7.93. The molecular weight excluding hydrogens is 146 g/mol. The SMILES string of the molecule is OSCCCNC1CCC1. The predicted molar refractivity (Wildman–Crippen MR) is 45.3 cm³/mol. The van der Waals surface area contributed by atoms with Crippen LogP contribution in [0.5, 0.6) is 0 Å². The standard InChI is InChI=1S/C7H15NOS/c9-10-6-2-5-8-7-3-1-4-7/h7-9H,1-6H2. The van der Waals surface area contributed by atoms with Crippen molar-refractivity contribution in [2.24, 2.45) is 0 Å². The third-order valence-electron chi connectivity index (χ3n) is 1.95. The average molecular weight is 161 g/mol. The maximum atomic E-state index is 8.39. The van der Waals surface area contributed by atoms with Crippen LogP contribution in [-0.2, 0) is 0 Å². The van der Waals surface area contributed by atoms with Crippen molar-refractivity contribution in [3.8, 4) is 0 Å². The Morgan fingerprint density at radius 2 is 2.30 bits per heavy atom. The Labute approximate surface area is 66.6 Å². The summed E-state index contributed by atoms with van der Waals surface area (Å²) in [6, 6.07) is 0.795. The molecular formula is C7H15NOS. The van der Waals surface area contributed by atoms with Gasteiger partial charge in [-0.2, -0.15) is 0 Å². The molecule has 0 radical (unpaired) electrons. The minimum absolute atomic E-state index is 0.795. The van der Waals surface area contributed by atoms with Gasteiger partial charge in [0.15, 0.2) is 0 Å². The molecule has 10 heavy (non-hydrogen) atoms. The van der Waals surface area contributed by atoms with E-state index < -0.39 is 0 Å². The van der Waals surface area contributed by atoms with Crippen LogP contribution in [0.15, 0.2) is 0 Å². The van der Waals surface area contributed by atoms with Gasteiger partial charge in [-0.15, -0.1) is 0 Å². The van der Waals surface area contributed by atoms with E-state index in [-0.39, 0.29) is 0 Å². The van der Waals surface area contributed by atoms with Crippen LogP contribution in [0.3, 0.4) is 0 Å². The summed E-state index contributed by atoms with van der Waals surface area (Å²) in [5.41, 5.74) is 0. The summed E-state index contributed by atoms with van der Waals surface area (Å²) in [6.45, 7) is 1.07. The maximum absolute atomic E-state index is 8.39. The van der Waals surface area contributed by atoms with Crippen molar-refractivity contribution < 1.29 is 4.55 Å². The molecule has 0 aromatic heterocycles. The summed E-state index contributed by atoms with van der Waals surface area (Å²) in [4.78, 5) is 0. The zero-order chi connectivity index (χ0) is 7.23. The van der Waals surface area contributed by atoms with E-state index in [0.29, 0.717) is 0 Å². The number of nitrogens with one attached hydrogen (secondary N) is 1. The number of rotatable bonds is 5. The van der Waals surface area contributed by atoms with Crippen molar-refractivity contribution in [1.82, 2.24) is 5.32 Å². The second-order valence-corrected chi connectivity index (χ2v) is 3.44. The summed E-state index contributed by atoms with van der Waals surface area (Å²) in [7, 11) is 0. The van der Waals surface area contributed by atoms with E-state index in [1.54, 1.807) is 0 Å². The van der Waals surface area contributed by atoms with Gasteiger partial charge in [-0.05, 0) is 37.8 Å². The molecule has 0 atom stereocenters. The molecule has 2 nitrogen and oxygen atoms in total. The van der Waals surface area contributed by atoms with E-state index in [0.717, 1.165) is 36.8 Å². The summed E-state index contributed by atoms with van der Waals surface area (Å²) in [6.07, 6.45) is 5.18. The molecule has 2 N–H and O–H groups in total. The molecule has 1 fully saturated rings. The van der Waals surface area contributed by atoms with Gasteiger partial charge in [-0.3, -0.25) is 0 Å². The smallest absolute Gasteiger partial charge is 0.0207 e. The van der Waals surface area contributed by atoms with Crippen LogP contribution >= 0.6 is 12.0 Å². The molecule has 0 aliphatic heterocycles. The Morgan fingerprint density at radius 1 is 1.50 bits per heavy atom. The molecule has 1 rings (SSSR count). The van der Waals surface area contributed by atoms with E-state index in [1.807, 2.05) is 0 Å². The van der Waals surface area contributed by atoms with Crippen molar-refractivity contribution in [3.63, 3.8) is 0 Å². The summed E-state index contributed by atoms with van der Waals surface area (Å²) < 4.78 is 8.39. The molecule has 1 saturated carbocycles. The van der Waals surface area contributed by atoms with Crippen molar-refractivity contribution in [2.75, 3.05) is 12.3 Å². The van der Waals surface area contributed by atoms with Crippen LogP contribution in [0.1, 0.15) is 25.7 Å². The fraction of sp³-hybridized carbons (Fsp3) is 1.00. The van der Waals surface area contributed by atoms with Crippen molar-refractivity contribution in [3.05, 3.63) is 0 Å². The van der Waals surface area contributed by atoms with Crippen molar-refractivity contribution in [1.29, 1.82) is 0 Å². The summed E-state index contributed by atoms with van der Waals surface area (Å²) in [5, 5.41) is 3.43. The van der Waals surface area contributed by atoms with Gasteiger partial charge in [-0.1, -0.05) is 6.42 Å². The summed E-state index contributed by atoms with van der Waals surface area (Å²) >= 11 is 0.939. The monoisotopic (exact) mass is 161 g/mol. The lowest BCUT2D eigenvalue weighted by molar-refractivity contribution is 0.341. The van der Waals surface area contributed by atoms with E-state index >= 15 is 0 Å². The second-order valence-electron chi connectivity index (χ2n) is 2.77. The Balaban J connectivity index is 1.76. The first kappa shape index (κ1) is 8.37. The molecule has 60 valence electrons. The number of hydrogen-bond acceptors (Lipinski definition) is 3. The molecule has 3 heteroatoms. The normalized spacial score (nSPS) is 18.9. The lowest BCUT2D eigenvalue weighted by atomic mass is 9.93. The van der Waals surface area contributed by atoms with Crippen LogP contribution in [-0.4, -0.2) is 22.9 Å². The highest BCUT2D eigenvalue weighted by atomic mass is 32.2. The summed E-state index contributed by atoms with van der Waals surface area (Å²) in [5.74, 6) is 0.861. The molecule has 0 amide bonds. The zero-order valence-electron chi connectivity index (χ0n) is 6.18. The highest BCUT2D eigenvalue weighted by Gasteiger charge is 2.15.